The van der Waals surface area contributed by atoms with Gasteiger partial charge in [-0.25, -0.2) is 4.79 Å². The van der Waals surface area contributed by atoms with Crippen molar-refractivity contribution < 1.29 is 4.39 Å². The van der Waals surface area contributed by atoms with E-state index in [9.17, 15) is 14.0 Å². The van der Waals surface area contributed by atoms with Crippen molar-refractivity contribution in [3.8, 4) is 0 Å². The first-order valence-corrected chi connectivity index (χ1v) is 3.15. The normalized spacial score (nSPS) is 10.0. The van der Waals surface area contributed by atoms with Gasteiger partial charge in [-0.3, -0.25) is 9.36 Å². The first-order valence-electron chi connectivity index (χ1n) is 3.15. The molecule has 1 heterocycles. The molecular weight excluding hydrogens is 151 g/mol. The standard InChI is InChI=1S/C6H7FN2O2/c1-2-9-5(10)4(7)3-8-6(9)11/h3H,2H2,1H3,(H,8,11). The molecule has 0 unspecified atom stereocenters. The summed E-state index contributed by atoms with van der Waals surface area (Å²) in [6.07, 6.45) is 0.761. The van der Waals surface area contributed by atoms with Crippen LogP contribution in [-0.4, -0.2) is 9.55 Å². The van der Waals surface area contributed by atoms with Crippen LogP contribution in [0.5, 0.6) is 0 Å². The second-order valence-corrected chi connectivity index (χ2v) is 1.99. The molecular formula is C6H7FN2O2. The summed E-state index contributed by atoms with van der Waals surface area (Å²) in [5.74, 6) is -0.938. The van der Waals surface area contributed by atoms with E-state index in [4.69, 9.17) is 0 Å². The van der Waals surface area contributed by atoms with Crippen LogP contribution in [0.2, 0.25) is 0 Å². The molecule has 0 aliphatic heterocycles. The van der Waals surface area contributed by atoms with Crippen molar-refractivity contribution in [2.45, 2.75) is 13.5 Å². The number of nitrogens with zero attached hydrogens (tertiary/aromatic N) is 1. The first kappa shape index (κ1) is 7.71. The SMILES string of the molecule is CCn1c(=O)[nH]cc(F)c1=O. The van der Waals surface area contributed by atoms with Crippen molar-refractivity contribution in [1.82, 2.24) is 9.55 Å². The highest BCUT2D eigenvalue weighted by Gasteiger charge is 2.02. The maximum Gasteiger partial charge on any atom is 0.328 e. The summed E-state index contributed by atoms with van der Waals surface area (Å²) in [5.41, 5.74) is -1.46. The van der Waals surface area contributed by atoms with Crippen LogP contribution in [0.3, 0.4) is 0 Å². The summed E-state index contributed by atoms with van der Waals surface area (Å²) in [5, 5.41) is 0. The van der Waals surface area contributed by atoms with Gasteiger partial charge in [0.2, 0.25) is 5.82 Å². The van der Waals surface area contributed by atoms with Gasteiger partial charge < -0.3 is 4.98 Å². The Labute approximate surface area is 61.3 Å². The van der Waals surface area contributed by atoms with Gasteiger partial charge in [0.15, 0.2) is 0 Å². The highest BCUT2D eigenvalue weighted by atomic mass is 19.1. The number of hydrogen-bond acceptors (Lipinski definition) is 2. The third-order valence-electron chi connectivity index (χ3n) is 1.33. The molecule has 0 saturated carbocycles. The third-order valence-corrected chi connectivity index (χ3v) is 1.33. The van der Waals surface area contributed by atoms with E-state index in [-0.39, 0.29) is 6.54 Å². The van der Waals surface area contributed by atoms with Crippen molar-refractivity contribution >= 4 is 0 Å². The molecule has 0 aromatic carbocycles. The zero-order valence-electron chi connectivity index (χ0n) is 5.93. The molecule has 0 atom stereocenters. The Balaban J connectivity index is 3.55. The Morgan fingerprint density at radius 2 is 2.27 bits per heavy atom. The molecule has 0 bridgehead atoms. The van der Waals surface area contributed by atoms with E-state index in [1.54, 1.807) is 6.92 Å². The summed E-state index contributed by atoms with van der Waals surface area (Å²) < 4.78 is 13.2. The van der Waals surface area contributed by atoms with Crippen molar-refractivity contribution in [2.24, 2.45) is 0 Å². The van der Waals surface area contributed by atoms with Gasteiger partial charge in [0.25, 0.3) is 5.56 Å². The van der Waals surface area contributed by atoms with Gasteiger partial charge in [0, 0.05) is 12.7 Å². The van der Waals surface area contributed by atoms with Gasteiger partial charge in [-0.2, -0.15) is 4.39 Å². The molecule has 0 spiro atoms. The minimum atomic E-state index is -0.938. The minimum Gasteiger partial charge on any atom is -0.311 e. The number of rotatable bonds is 1. The zero-order valence-corrected chi connectivity index (χ0v) is 5.93. The summed E-state index contributed by atoms with van der Waals surface area (Å²) in [7, 11) is 0. The highest BCUT2D eigenvalue weighted by molar-refractivity contribution is 4.86. The topological polar surface area (TPSA) is 54.9 Å². The zero-order chi connectivity index (χ0) is 8.43. The summed E-state index contributed by atoms with van der Waals surface area (Å²) in [6.45, 7) is 1.77. The second kappa shape index (κ2) is 2.69. The molecule has 0 amide bonds. The fourth-order valence-electron chi connectivity index (χ4n) is 0.773. The molecule has 0 aliphatic rings. The molecule has 1 rings (SSSR count). The number of H-pyrrole nitrogens is 1. The lowest BCUT2D eigenvalue weighted by Crippen LogP contribution is -2.35. The molecule has 1 aromatic heterocycles. The van der Waals surface area contributed by atoms with Crippen LogP contribution in [0.25, 0.3) is 0 Å². The predicted octanol–water partition coefficient (Wildman–Crippen LogP) is -0.304. The molecule has 11 heavy (non-hydrogen) atoms. The predicted molar refractivity (Wildman–Crippen MR) is 37.0 cm³/mol. The number of halogens is 1. The van der Waals surface area contributed by atoms with Crippen LogP contribution in [0, 0.1) is 5.82 Å². The smallest absolute Gasteiger partial charge is 0.311 e. The Kier molecular flexibility index (Phi) is 1.89. The number of hydrogen-bond donors (Lipinski definition) is 1. The average molecular weight is 158 g/mol. The van der Waals surface area contributed by atoms with E-state index in [0.29, 0.717) is 0 Å². The van der Waals surface area contributed by atoms with E-state index < -0.39 is 17.1 Å². The van der Waals surface area contributed by atoms with Crippen molar-refractivity contribution in [1.29, 1.82) is 0 Å². The molecule has 0 radical (unpaired) electrons. The molecule has 1 N–H and O–H groups in total. The van der Waals surface area contributed by atoms with Gasteiger partial charge in [0.1, 0.15) is 0 Å². The van der Waals surface area contributed by atoms with Crippen LogP contribution >= 0.6 is 0 Å². The Morgan fingerprint density at radius 3 is 2.73 bits per heavy atom. The number of aromatic nitrogens is 2. The largest absolute Gasteiger partial charge is 0.328 e. The minimum absolute atomic E-state index is 0.173. The van der Waals surface area contributed by atoms with Gasteiger partial charge >= 0.3 is 5.69 Å². The third kappa shape index (κ3) is 1.21. The second-order valence-electron chi connectivity index (χ2n) is 1.99. The monoisotopic (exact) mass is 158 g/mol. The van der Waals surface area contributed by atoms with E-state index in [0.717, 1.165) is 10.8 Å². The van der Waals surface area contributed by atoms with E-state index >= 15 is 0 Å². The highest BCUT2D eigenvalue weighted by Crippen LogP contribution is 1.79. The fourth-order valence-corrected chi connectivity index (χ4v) is 0.773. The van der Waals surface area contributed by atoms with E-state index in [2.05, 4.69) is 4.98 Å². The van der Waals surface area contributed by atoms with E-state index in [1.807, 2.05) is 0 Å². The van der Waals surface area contributed by atoms with Crippen LogP contribution < -0.4 is 11.2 Å². The van der Waals surface area contributed by atoms with Crippen LogP contribution in [-0.2, 0) is 6.54 Å². The quantitative estimate of drug-likeness (QED) is 0.609. The lowest BCUT2D eigenvalue weighted by atomic mass is 10.6. The number of nitrogens with one attached hydrogen (secondary N) is 1. The molecule has 0 aliphatic carbocycles. The van der Waals surface area contributed by atoms with Gasteiger partial charge in [0.05, 0.1) is 0 Å². The fraction of sp³-hybridized carbons (Fsp3) is 0.333. The van der Waals surface area contributed by atoms with Crippen molar-refractivity contribution in [3.63, 3.8) is 0 Å². The van der Waals surface area contributed by atoms with Gasteiger partial charge in [-0.05, 0) is 6.92 Å². The van der Waals surface area contributed by atoms with E-state index in [1.165, 1.54) is 0 Å². The van der Waals surface area contributed by atoms with Gasteiger partial charge in [-0.1, -0.05) is 0 Å². The molecule has 60 valence electrons. The lowest BCUT2D eigenvalue weighted by molar-refractivity contribution is 0.550. The van der Waals surface area contributed by atoms with Crippen LogP contribution in [0.4, 0.5) is 4.39 Å². The Hall–Kier alpha value is -1.39. The Bertz CT molecular complexity index is 366. The van der Waals surface area contributed by atoms with Crippen molar-refractivity contribution in [3.05, 3.63) is 32.9 Å². The molecule has 0 fully saturated rings. The average Bonchev–Trinajstić information content (AvgIpc) is 1.99. The maximum atomic E-state index is 12.4. The maximum absolute atomic E-state index is 12.4. The Morgan fingerprint density at radius 1 is 1.64 bits per heavy atom. The van der Waals surface area contributed by atoms with Gasteiger partial charge in [-0.15, -0.1) is 0 Å². The molecule has 0 saturated heterocycles. The van der Waals surface area contributed by atoms with Crippen molar-refractivity contribution in [2.75, 3.05) is 0 Å². The first-order chi connectivity index (χ1) is 5.16. The van der Waals surface area contributed by atoms with Crippen LogP contribution in [0.1, 0.15) is 6.92 Å². The summed E-state index contributed by atoms with van der Waals surface area (Å²) in [6, 6.07) is 0. The lowest BCUT2D eigenvalue weighted by Gasteiger charge is -1.97. The molecule has 1 aromatic rings. The summed E-state index contributed by atoms with van der Waals surface area (Å²) >= 11 is 0. The molecule has 4 nitrogen and oxygen atoms in total. The molecule has 5 heteroatoms. The number of aromatic amines is 1. The van der Waals surface area contributed by atoms with Crippen LogP contribution in [0.15, 0.2) is 15.8 Å². The summed E-state index contributed by atoms with van der Waals surface area (Å²) in [4.78, 5) is 23.6.